The molecule has 102 valence electrons. The second-order valence-electron chi connectivity index (χ2n) is 4.14. The average Bonchev–Trinajstić information content (AvgIpc) is 2.92. The van der Waals surface area contributed by atoms with E-state index in [9.17, 15) is 9.18 Å². The van der Waals surface area contributed by atoms with Gasteiger partial charge in [-0.15, -0.1) is 0 Å². The fraction of sp³-hybridized carbons (Fsp3) is 0.333. The lowest BCUT2D eigenvalue weighted by Gasteiger charge is -2.13. The summed E-state index contributed by atoms with van der Waals surface area (Å²) in [6, 6.07) is 4.06. The van der Waals surface area contributed by atoms with E-state index >= 15 is 0 Å². The number of oxime groups is 1. The van der Waals surface area contributed by atoms with Crippen LogP contribution in [0.4, 0.5) is 10.1 Å². The SMILES string of the molecule is N/C(=N/O)c1c(F)cccc1NC(=O)C1CCCO1. The Morgan fingerprint density at radius 3 is 3.00 bits per heavy atom. The first-order chi connectivity index (χ1) is 9.13. The number of halogens is 1. The van der Waals surface area contributed by atoms with E-state index in [0.29, 0.717) is 13.0 Å². The van der Waals surface area contributed by atoms with Crippen LogP contribution < -0.4 is 11.1 Å². The van der Waals surface area contributed by atoms with Gasteiger partial charge in [-0.05, 0) is 25.0 Å². The van der Waals surface area contributed by atoms with Gasteiger partial charge in [0.25, 0.3) is 5.91 Å². The Balaban J connectivity index is 2.24. The van der Waals surface area contributed by atoms with Crippen LogP contribution in [-0.2, 0) is 9.53 Å². The smallest absolute Gasteiger partial charge is 0.253 e. The van der Waals surface area contributed by atoms with E-state index < -0.39 is 17.8 Å². The summed E-state index contributed by atoms with van der Waals surface area (Å²) in [6.45, 7) is 0.536. The Morgan fingerprint density at radius 2 is 2.37 bits per heavy atom. The Kier molecular flexibility index (Phi) is 3.96. The molecule has 1 unspecified atom stereocenters. The largest absolute Gasteiger partial charge is 0.409 e. The van der Waals surface area contributed by atoms with Crippen LogP contribution in [-0.4, -0.2) is 29.7 Å². The minimum atomic E-state index is -0.680. The number of nitrogens with one attached hydrogen (secondary N) is 1. The minimum absolute atomic E-state index is 0.142. The first-order valence-corrected chi connectivity index (χ1v) is 5.82. The van der Waals surface area contributed by atoms with Gasteiger partial charge in [0.15, 0.2) is 5.84 Å². The lowest BCUT2D eigenvalue weighted by atomic mass is 10.1. The van der Waals surface area contributed by atoms with Gasteiger partial charge in [-0.3, -0.25) is 4.79 Å². The monoisotopic (exact) mass is 267 g/mol. The summed E-state index contributed by atoms with van der Waals surface area (Å²) < 4.78 is 18.9. The van der Waals surface area contributed by atoms with Crippen molar-refractivity contribution in [3.63, 3.8) is 0 Å². The van der Waals surface area contributed by atoms with Crippen LogP contribution in [0, 0.1) is 5.82 Å². The third-order valence-electron chi connectivity index (χ3n) is 2.86. The number of nitrogens with two attached hydrogens (primary N) is 1. The number of rotatable bonds is 3. The number of carbonyl (C=O) groups is 1. The highest BCUT2D eigenvalue weighted by Crippen LogP contribution is 2.21. The normalized spacial score (nSPS) is 19.4. The summed E-state index contributed by atoms with van der Waals surface area (Å²) >= 11 is 0. The zero-order valence-electron chi connectivity index (χ0n) is 10.1. The number of amides is 1. The third-order valence-corrected chi connectivity index (χ3v) is 2.86. The van der Waals surface area contributed by atoms with Gasteiger partial charge in [0.05, 0.1) is 11.3 Å². The van der Waals surface area contributed by atoms with Gasteiger partial charge < -0.3 is 21.0 Å². The summed E-state index contributed by atoms with van der Waals surface area (Å²) in [4.78, 5) is 11.9. The van der Waals surface area contributed by atoms with E-state index in [1.165, 1.54) is 12.1 Å². The lowest BCUT2D eigenvalue weighted by molar-refractivity contribution is -0.124. The molecule has 0 bridgehead atoms. The van der Waals surface area contributed by atoms with Crippen molar-refractivity contribution in [2.24, 2.45) is 10.9 Å². The fourth-order valence-corrected chi connectivity index (χ4v) is 1.94. The molecule has 1 saturated heterocycles. The van der Waals surface area contributed by atoms with Gasteiger partial charge >= 0.3 is 0 Å². The maximum absolute atomic E-state index is 13.7. The van der Waals surface area contributed by atoms with Gasteiger partial charge in [-0.25, -0.2) is 4.39 Å². The zero-order valence-corrected chi connectivity index (χ0v) is 10.1. The molecule has 1 aromatic carbocycles. The molecular weight excluding hydrogens is 253 g/mol. The van der Waals surface area contributed by atoms with Gasteiger partial charge in [0, 0.05) is 6.61 Å². The van der Waals surface area contributed by atoms with Crippen molar-refractivity contribution < 1.29 is 19.1 Å². The molecule has 0 spiro atoms. The molecule has 1 aliphatic heterocycles. The minimum Gasteiger partial charge on any atom is -0.409 e. The molecule has 4 N–H and O–H groups in total. The highest BCUT2D eigenvalue weighted by molar-refractivity contribution is 6.06. The Morgan fingerprint density at radius 1 is 1.58 bits per heavy atom. The van der Waals surface area contributed by atoms with E-state index in [1.54, 1.807) is 0 Å². The second kappa shape index (κ2) is 5.66. The molecule has 1 aromatic rings. The van der Waals surface area contributed by atoms with Crippen LogP contribution >= 0.6 is 0 Å². The first kappa shape index (κ1) is 13.3. The third kappa shape index (κ3) is 2.82. The molecule has 0 aliphatic carbocycles. The summed E-state index contributed by atoms with van der Waals surface area (Å²) in [7, 11) is 0. The number of carbonyl (C=O) groups excluding carboxylic acids is 1. The van der Waals surface area contributed by atoms with Gasteiger partial charge in [0.2, 0.25) is 0 Å². The maximum Gasteiger partial charge on any atom is 0.253 e. The topological polar surface area (TPSA) is 96.9 Å². The number of benzene rings is 1. The average molecular weight is 267 g/mol. The molecule has 1 heterocycles. The predicted molar refractivity (Wildman–Crippen MR) is 66.5 cm³/mol. The Hall–Kier alpha value is -2.15. The Labute approximate surface area is 109 Å². The summed E-state index contributed by atoms with van der Waals surface area (Å²) in [5.74, 6) is -1.45. The highest BCUT2D eigenvalue weighted by atomic mass is 19.1. The highest BCUT2D eigenvalue weighted by Gasteiger charge is 2.25. The van der Waals surface area contributed by atoms with Gasteiger partial charge in [-0.2, -0.15) is 0 Å². The van der Waals surface area contributed by atoms with Crippen molar-refractivity contribution in [3.8, 4) is 0 Å². The number of hydrogen-bond acceptors (Lipinski definition) is 4. The van der Waals surface area contributed by atoms with Crippen molar-refractivity contribution in [2.45, 2.75) is 18.9 Å². The standard InChI is InChI=1S/C12H14FN3O3/c13-7-3-1-4-8(10(7)11(14)16-18)15-12(17)9-5-2-6-19-9/h1,3-4,9,18H,2,5-6H2,(H2,14,16)(H,15,17). The van der Waals surface area contributed by atoms with Crippen molar-refractivity contribution in [1.82, 2.24) is 0 Å². The molecule has 1 fully saturated rings. The fourth-order valence-electron chi connectivity index (χ4n) is 1.94. The zero-order chi connectivity index (χ0) is 13.8. The molecule has 0 radical (unpaired) electrons. The summed E-state index contributed by atoms with van der Waals surface area (Å²) in [5.41, 5.74) is 5.41. The first-order valence-electron chi connectivity index (χ1n) is 5.82. The molecule has 1 atom stereocenters. The molecule has 0 saturated carbocycles. The predicted octanol–water partition coefficient (Wildman–Crippen LogP) is 1.04. The van der Waals surface area contributed by atoms with Crippen LogP contribution in [0.2, 0.25) is 0 Å². The van der Waals surface area contributed by atoms with Crippen LogP contribution in [0.5, 0.6) is 0 Å². The van der Waals surface area contributed by atoms with Crippen molar-refractivity contribution in [1.29, 1.82) is 0 Å². The number of nitrogens with zero attached hydrogens (tertiary/aromatic N) is 1. The van der Waals surface area contributed by atoms with E-state index in [1.807, 2.05) is 0 Å². The van der Waals surface area contributed by atoms with Gasteiger partial charge in [-0.1, -0.05) is 11.2 Å². The van der Waals surface area contributed by atoms with E-state index in [-0.39, 0.29) is 17.2 Å². The molecule has 2 rings (SSSR count). The summed E-state index contributed by atoms with van der Waals surface area (Å²) in [5, 5.41) is 13.9. The van der Waals surface area contributed by atoms with Crippen LogP contribution in [0.15, 0.2) is 23.4 Å². The molecule has 1 aliphatic rings. The van der Waals surface area contributed by atoms with Crippen LogP contribution in [0.1, 0.15) is 18.4 Å². The molecule has 7 heteroatoms. The lowest BCUT2D eigenvalue weighted by Crippen LogP contribution is -2.28. The van der Waals surface area contributed by atoms with Crippen LogP contribution in [0.3, 0.4) is 0 Å². The van der Waals surface area contributed by atoms with Gasteiger partial charge in [0.1, 0.15) is 11.9 Å². The molecular formula is C12H14FN3O3. The van der Waals surface area contributed by atoms with E-state index in [2.05, 4.69) is 10.5 Å². The molecule has 19 heavy (non-hydrogen) atoms. The summed E-state index contributed by atoms with van der Waals surface area (Å²) in [6.07, 6.45) is 0.900. The Bertz CT molecular complexity index is 513. The van der Waals surface area contributed by atoms with E-state index in [4.69, 9.17) is 15.7 Å². The van der Waals surface area contributed by atoms with E-state index in [0.717, 1.165) is 12.5 Å². The molecule has 6 nitrogen and oxygen atoms in total. The number of hydrogen-bond donors (Lipinski definition) is 3. The number of anilines is 1. The van der Waals surface area contributed by atoms with Crippen LogP contribution in [0.25, 0.3) is 0 Å². The number of amidine groups is 1. The quantitative estimate of drug-likeness (QED) is 0.330. The number of ether oxygens (including phenoxy) is 1. The van der Waals surface area contributed by atoms with Crippen molar-refractivity contribution >= 4 is 17.4 Å². The second-order valence-corrected chi connectivity index (χ2v) is 4.14. The molecule has 1 amide bonds. The molecule has 0 aromatic heterocycles. The van der Waals surface area contributed by atoms with Crippen molar-refractivity contribution in [3.05, 3.63) is 29.6 Å². The van der Waals surface area contributed by atoms with Crippen molar-refractivity contribution in [2.75, 3.05) is 11.9 Å². The maximum atomic E-state index is 13.7.